The molecule has 1 aromatic carbocycles. The molecule has 0 aliphatic carbocycles. The van der Waals surface area contributed by atoms with Crippen molar-refractivity contribution >= 4 is 35.2 Å². The molecule has 0 saturated carbocycles. The van der Waals surface area contributed by atoms with E-state index in [4.69, 9.17) is 38.0 Å². The highest BCUT2D eigenvalue weighted by Gasteiger charge is 2.22. The van der Waals surface area contributed by atoms with Gasteiger partial charge in [0.2, 0.25) is 11.8 Å². The summed E-state index contributed by atoms with van der Waals surface area (Å²) in [5.74, 6) is 1.35. The first-order valence-corrected chi connectivity index (χ1v) is 13.9. The number of piperazine rings is 2. The molecule has 40 heavy (non-hydrogen) atoms. The van der Waals surface area contributed by atoms with E-state index in [1.165, 1.54) is 4.90 Å². The van der Waals surface area contributed by atoms with E-state index < -0.39 is 6.09 Å². The Morgan fingerprint density at radius 2 is 1.52 bits per heavy atom. The first-order valence-electron chi connectivity index (χ1n) is 13.1. The molecular formula is C27H31Cl2N7O4. The van der Waals surface area contributed by atoms with Crippen LogP contribution >= 0.6 is 23.2 Å². The van der Waals surface area contributed by atoms with Crippen LogP contribution < -0.4 is 9.64 Å². The normalized spacial score (nSPS) is 16.8. The van der Waals surface area contributed by atoms with Crippen molar-refractivity contribution in [3.05, 3.63) is 58.3 Å². The van der Waals surface area contributed by atoms with Crippen LogP contribution in [0, 0.1) is 0 Å². The summed E-state index contributed by atoms with van der Waals surface area (Å²) in [4.78, 5) is 32.7. The largest absolute Gasteiger partial charge is 0.465 e. The zero-order valence-corrected chi connectivity index (χ0v) is 23.4. The molecule has 212 valence electrons. The second kappa shape index (κ2) is 13.0. The van der Waals surface area contributed by atoms with Gasteiger partial charge in [0.15, 0.2) is 5.75 Å². The minimum absolute atomic E-state index is 0.169. The number of aliphatic hydroxyl groups excluding tert-OH is 1. The van der Waals surface area contributed by atoms with Crippen molar-refractivity contribution in [2.24, 2.45) is 0 Å². The summed E-state index contributed by atoms with van der Waals surface area (Å²) < 4.78 is 6.11. The molecule has 1 amide bonds. The number of hydrogen-bond donors (Lipinski definition) is 2. The molecule has 2 saturated heterocycles. The lowest BCUT2D eigenvalue weighted by Crippen LogP contribution is -2.48. The van der Waals surface area contributed by atoms with Gasteiger partial charge in [-0.1, -0.05) is 23.2 Å². The molecule has 5 rings (SSSR count). The lowest BCUT2D eigenvalue weighted by Gasteiger charge is -2.34. The van der Waals surface area contributed by atoms with Gasteiger partial charge in [0.05, 0.1) is 24.7 Å². The van der Waals surface area contributed by atoms with Crippen LogP contribution in [0.3, 0.4) is 0 Å². The van der Waals surface area contributed by atoms with E-state index in [0.717, 1.165) is 37.3 Å². The fourth-order valence-corrected chi connectivity index (χ4v) is 5.39. The number of halogens is 2. The Morgan fingerprint density at radius 3 is 2.15 bits per heavy atom. The summed E-state index contributed by atoms with van der Waals surface area (Å²) in [6.07, 6.45) is 2.27. The second-order valence-electron chi connectivity index (χ2n) is 9.78. The van der Waals surface area contributed by atoms with Gasteiger partial charge in [-0.25, -0.2) is 19.7 Å². The van der Waals surface area contributed by atoms with Crippen molar-refractivity contribution in [3.8, 4) is 22.9 Å². The third-order valence-corrected chi connectivity index (χ3v) is 7.41. The highest BCUT2D eigenvalue weighted by Crippen LogP contribution is 2.30. The maximum atomic E-state index is 11.2. The fourth-order valence-electron chi connectivity index (χ4n) is 4.87. The number of β-amino-alcohol motifs (C(OH)–C–C–N with tert-alkyl or cyclic N) is 1. The number of pyridine rings is 1. The van der Waals surface area contributed by atoms with E-state index in [1.54, 1.807) is 18.5 Å². The average Bonchev–Trinajstić information content (AvgIpc) is 2.94. The van der Waals surface area contributed by atoms with Crippen LogP contribution in [0.1, 0.15) is 5.56 Å². The second-order valence-corrected chi connectivity index (χ2v) is 10.6. The number of anilines is 1. The number of nitrogens with zero attached hydrogens (tertiary/aromatic N) is 7. The van der Waals surface area contributed by atoms with Gasteiger partial charge in [0.1, 0.15) is 0 Å². The first-order chi connectivity index (χ1) is 19.4. The molecule has 11 nitrogen and oxygen atoms in total. The maximum Gasteiger partial charge on any atom is 0.407 e. The molecule has 0 unspecified atom stereocenters. The third-order valence-electron chi connectivity index (χ3n) is 6.98. The Labute approximate surface area is 242 Å². The predicted octanol–water partition coefficient (Wildman–Crippen LogP) is 3.55. The number of amides is 1. The van der Waals surface area contributed by atoms with Gasteiger partial charge in [0, 0.05) is 87.1 Å². The zero-order valence-electron chi connectivity index (χ0n) is 21.9. The van der Waals surface area contributed by atoms with Crippen molar-refractivity contribution < 1.29 is 19.7 Å². The molecular weight excluding hydrogens is 557 g/mol. The Kier molecular flexibility index (Phi) is 9.18. The van der Waals surface area contributed by atoms with Crippen molar-refractivity contribution in [3.63, 3.8) is 0 Å². The molecule has 2 fully saturated rings. The van der Waals surface area contributed by atoms with Crippen LogP contribution in [0.25, 0.3) is 11.3 Å². The highest BCUT2D eigenvalue weighted by molar-refractivity contribution is 6.35. The van der Waals surface area contributed by atoms with E-state index >= 15 is 0 Å². The van der Waals surface area contributed by atoms with Crippen molar-refractivity contribution in [1.82, 2.24) is 29.7 Å². The van der Waals surface area contributed by atoms with Crippen LogP contribution in [0.4, 0.5) is 10.7 Å². The molecule has 0 radical (unpaired) electrons. The predicted molar refractivity (Wildman–Crippen MR) is 152 cm³/mol. The van der Waals surface area contributed by atoms with Crippen molar-refractivity contribution in [2.75, 3.05) is 70.4 Å². The number of benzene rings is 1. The van der Waals surface area contributed by atoms with Crippen LogP contribution in [0.15, 0.2) is 42.7 Å². The van der Waals surface area contributed by atoms with Gasteiger partial charge in [0.25, 0.3) is 0 Å². The SMILES string of the molecule is O=C(O)N1CCN(c2ncc(Oc3cc(CN4CCN(CCO)CC4)cc(-c4cc(Cl)cc(Cl)c4)n3)cn2)CC1. The standard InChI is InChI=1S/C27H31Cl2N7O4/c28-21-13-20(14-22(29)15-21)24-11-19(18-34-3-1-33(2-4-34)9-10-37)12-25(32-24)40-23-16-30-26(31-17-23)35-5-7-36(8-6-35)27(38)39/h11-17,37H,1-10,18H2,(H,38,39). The summed E-state index contributed by atoms with van der Waals surface area (Å²) in [6, 6.07) is 9.25. The van der Waals surface area contributed by atoms with Gasteiger partial charge in [-0.3, -0.25) is 9.80 Å². The lowest BCUT2D eigenvalue weighted by molar-refractivity contribution is 0.108. The minimum Gasteiger partial charge on any atom is -0.465 e. The average molecular weight is 588 g/mol. The highest BCUT2D eigenvalue weighted by atomic mass is 35.5. The zero-order chi connectivity index (χ0) is 28.1. The Balaban J connectivity index is 1.33. The number of rotatable bonds is 8. The summed E-state index contributed by atoms with van der Waals surface area (Å²) in [5, 5.41) is 19.4. The summed E-state index contributed by atoms with van der Waals surface area (Å²) in [6.45, 7) is 7.03. The number of hydrogen-bond acceptors (Lipinski definition) is 9. The molecule has 13 heteroatoms. The smallest absolute Gasteiger partial charge is 0.407 e. The first kappa shape index (κ1) is 28.3. The van der Waals surface area contributed by atoms with Crippen molar-refractivity contribution in [1.29, 1.82) is 0 Å². The summed E-state index contributed by atoms with van der Waals surface area (Å²) in [5.41, 5.74) is 2.49. The maximum absolute atomic E-state index is 11.2. The topological polar surface area (TPSA) is 118 Å². The van der Waals surface area contributed by atoms with Gasteiger partial charge < -0.3 is 24.7 Å². The quantitative estimate of drug-likeness (QED) is 0.405. The molecule has 0 bridgehead atoms. The minimum atomic E-state index is -0.914. The van der Waals surface area contributed by atoms with Gasteiger partial charge >= 0.3 is 6.09 Å². The molecule has 0 spiro atoms. The van der Waals surface area contributed by atoms with E-state index in [1.807, 2.05) is 29.2 Å². The van der Waals surface area contributed by atoms with Crippen LogP contribution in [-0.4, -0.2) is 111 Å². The summed E-state index contributed by atoms with van der Waals surface area (Å²) >= 11 is 12.6. The molecule has 2 aromatic heterocycles. The molecule has 2 aliphatic rings. The molecule has 2 N–H and O–H groups in total. The number of aliphatic hydroxyl groups is 1. The fraction of sp³-hybridized carbons (Fsp3) is 0.407. The van der Waals surface area contributed by atoms with E-state index in [9.17, 15) is 9.90 Å². The monoisotopic (exact) mass is 587 g/mol. The van der Waals surface area contributed by atoms with Gasteiger partial charge in [-0.05, 0) is 29.8 Å². The Morgan fingerprint density at radius 1 is 0.875 bits per heavy atom. The van der Waals surface area contributed by atoms with Crippen LogP contribution in [-0.2, 0) is 6.54 Å². The number of carbonyl (C=O) groups is 1. The Hall–Kier alpha value is -3.22. The van der Waals surface area contributed by atoms with Gasteiger partial charge in [-0.15, -0.1) is 0 Å². The van der Waals surface area contributed by atoms with E-state index in [0.29, 0.717) is 72.6 Å². The Bertz CT molecular complexity index is 1290. The van der Waals surface area contributed by atoms with Crippen LogP contribution in [0.2, 0.25) is 10.0 Å². The van der Waals surface area contributed by atoms with Crippen LogP contribution in [0.5, 0.6) is 11.6 Å². The molecule has 3 aromatic rings. The van der Waals surface area contributed by atoms with Gasteiger partial charge in [-0.2, -0.15) is 0 Å². The number of carboxylic acid groups (broad SMARTS) is 1. The van der Waals surface area contributed by atoms with E-state index in [2.05, 4.69) is 19.8 Å². The third kappa shape index (κ3) is 7.29. The lowest BCUT2D eigenvalue weighted by atomic mass is 10.1. The van der Waals surface area contributed by atoms with E-state index in [-0.39, 0.29) is 6.61 Å². The number of ether oxygens (including phenoxy) is 1. The molecule has 2 aliphatic heterocycles. The molecule has 0 atom stereocenters. The number of aromatic nitrogens is 3. The molecule has 4 heterocycles. The summed E-state index contributed by atoms with van der Waals surface area (Å²) in [7, 11) is 0. The van der Waals surface area contributed by atoms with Crippen molar-refractivity contribution in [2.45, 2.75) is 6.54 Å².